The lowest BCUT2D eigenvalue weighted by molar-refractivity contribution is 0.0945. The summed E-state index contributed by atoms with van der Waals surface area (Å²) in [6.07, 6.45) is 1.74. The molecule has 10 heteroatoms. The van der Waals surface area contributed by atoms with Crippen molar-refractivity contribution >= 4 is 29.1 Å². The third-order valence-electron chi connectivity index (χ3n) is 5.03. The molecule has 0 radical (unpaired) electrons. The lowest BCUT2D eigenvalue weighted by Crippen LogP contribution is -2.27. The molecule has 4 rings (SSSR count). The molecule has 2 amide bonds. The van der Waals surface area contributed by atoms with E-state index in [1.54, 1.807) is 18.2 Å². The minimum Gasteiger partial charge on any atom is -0.495 e. The number of aromatic nitrogens is 2. The van der Waals surface area contributed by atoms with Gasteiger partial charge in [-0.3, -0.25) is 14.4 Å². The predicted octanol–water partition coefficient (Wildman–Crippen LogP) is 3.24. The van der Waals surface area contributed by atoms with Crippen LogP contribution in [0.15, 0.2) is 53.3 Å². The maximum atomic E-state index is 14.1. The number of ether oxygens (including phenoxy) is 1. The molecular formula is C23H20ClFN4O4. The Labute approximate surface area is 193 Å². The molecule has 33 heavy (non-hydrogen) atoms. The number of halogens is 2. The monoisotopic (exact) mass is 470 g/mol. The second-order valence-corrected chi connectivity index (χ2v) is 7.99. The Hall–Kier alpha value is -3.72. The molecule has 1 aliphatic carbocycles. The molecule has 2 N–H and O–H groups in total. The van der Waals surface area contributed by atoms with E-state index in [-0.39, 0.29) is 29.5 Å². The van der Waals surface area contributed by atoms with Crippen LogP contribution in [0, 0.1) is 5.82 Å². The third-order valence-corrected chi connectivity index (χ3v) is 5.32. The van der Waals surface area contributed by atoms with Gasteiger partial charge in [0.15, 0.2) is 0 Å². The third kappa shape index (κ3) is 5.38. The Morgan fingerprint density at radius 2 is 1.94 bits per heavy atom. The Kier molecular flexibility index (Phi) is 6.41. The predicted molar refractivity (Wildman–Crippen MR) is 120 cm³/mol. The number of carbonyl (C=O) groups is 2. The highest BCUT2D eigenvalue weighted by atomic mass is 35.5. The van der Waals surface area contributed by atoms with Crippen molar-refractivity contribution in [1.82, 2.24) is 15.1 Å². The van der Waals surface area contributed by atoms with Gasteiger partial charge in [0.25, 0.3) is 17.4 Å². The van der Waals surface area contributed by atoms with Crippen LogP contribution >= 0.6 is 11.6 Å². The van der Waals surface area contributed by atoms with Gasteiger partial charge in [0.1, 0.15) is 17.3 Å². The number of hydrogen-bond donors (Lipinski definition) is 2. The molecule has 8 nitrogen and oxygen atoms in total. The fourth-order valence-electron chi connectivity index (χ4n) is 3.13. The molecule has 170 valence electrons. The highest BCUT2D eigenvalue weighted by molar-refractivity contribution is 6.32. The van der Waals surface area contributed by atoms with E-state index in [9.17, 15) is 18.8 Å². The largest absolute Gasteiger partial charge is 0.495 e. The standard InChI is InChI=1S/C23H20ClFN4O4/c1-33-20-8-2-13(10-17(20)24)12-29-21(30)9-7-19(28-29)23(32)27-15-5-6-18(25)16(11-15)22(31)26-14-3-4-14/h2,5-11,14H,3-4,12H2,1H3,(H,26,31)(H,27,32). The molecule has 0 saturated heterocycles. The summed E-state index contributed by atoms with van der Waals surface area (Å²) in [6.45, 7) is 0.0890. The molecule has 0 atom stereocenters. The quantitative estimate of drug-likeness (QED) is 0.552. The highest BCUT2D eigenvalue weighted by Crippen LogP contribution is 2.25. The Balaban J connectivity index is 1.51. The van der Waals surface area contributed by atoms with Crippen LogP contribution in [-0.2, 0) is 6.54 Å². The minimum atomic E-state index is -0.684. The molecule has 0 spiro atoms. The van der Waals surface area contributed by atoms with Crippen LogP contribution in [0.4, 0.5) is 10.1 Å². The zero-order valence-electron chi connectivity index (χ0n) is 17.6. The SMILES string of the molecule is COc1ccc(Cn2nc(C(=O)Nc3ccc(F)c(C(=O)NC4CC4)c3)ccc2=O)cc1Cl. The van der Waals surface area contributed by atoms with Gasteiger partial charge in [-0.05, 0) is 54.8 Å². The van der Waals surface area contributed by atoms with Gasteiger partial charge in [-0.25, -0.2) is 9.07 Å². The summed E-state index contributed by atoms with van der Waals surface area (Å²) >= 11 is 6.13. The molecule has 1 saturated carbocycles. The van der Waals surface area contributed by atoms with Gasteiger partial charge in [0, 0.05) is 17.8 Å². The van der Waals surface area contributed by atoms with Crippen molar-refractivity contribution in [3.8, 4) is 5.75 Å². The van der Waals surface area contributed by atoms with Crippen molar-refractivity contribution < 1.29 is 18.7 Å². The Bertz CT molecular complexity index is 1290. The first-order valence-electron chi connectivity index (χ1n) is 10.2. The van der Waals surface area contributed by atoms with Crippen LogP contribution in [0.1, 0.15) is 39.3 Å². The van der Waals surface area contributed by atoms with E-state index in [1.807, 2.05) is 0 Å². The fraction of sp³-hybridized carbons (Fsp3) is 0.217. The fourth-order valence-corrected chi connectivity index (χ4v) is 3.41. The Morgan fingerprint density at radius 3 is 2.64 bits per heavy atom. The van der Waals surface area contributed by atoms with Gasteiger partial charge >= 0.3 is 0 Å². The smallest absolute Gasteiger partial charge is 0.276 e. The first-order valence-corrected chi connectivity index (χ1v) is 10.5. The van der Waals surface area contributed by atoms with E-state index >= 15 is 0 Å². The number of hydrogen-bond acceptors (Lipinski definition) is 5. The zero-order chi connectivity index (χ0) is 23.5. The van der Waals surface area contributed by atoms with Crippen LogP contribution in [0.25, 0.3) is 0 Å². The first kappa shape index (κ1) is 22.5. The van der Waals surface area contributed by atoms with Gasteiger partial charge in [-0.15, -0.1) is 0 Å². The maximum Gasteiger partial charge on any atom is 0.276 e. The summed E-state index contributed by atoms with van der Waals surface area (Å²) in [7, 11) is 1.50. The number of anilines is 1. The number of nitrogens with one attached hydrogen (secondary N) is 2. The van der Waals surface area contributed by atoms with E-state index in [4.69, 9.17) is 16.3 Å². The highest BCUT2D eigenvalue weighted by Gasteiger charge is 2.25. The summed E-state index contributed by atoms with van der Waals surface area (Å²) in [5.74, 6) is -1.33. The summed E-state index contributed by atoms with van der Waals surface area (Å²) in [4.78, 5) is 37.2. The number of methoxy groups -OCH3 is 1. The van der Waals surface area contributed by atoms with Crippen molar-refractivity contribution in [3.05, 3.63) is 86.5 Å². The molecule has 1 fully saturated rings. The van der Waals surface area contributed by atoms with E-state index in [0.717, 1.165) is 23.6 Å². The van der Waals surface area contributed by atoms with Crippen molar-refractivity contribution in [3.63, 3.8) is 0 Å². The molecule has 0 bridgehead atoms. The van der Waals surface area contributed by atoms with E-state index < -0.39 is 23.2 Å². The van der Waals surface area contributed by atoms with E-state index in [0.29, 0.717) is 16.3 Å². The van der Waals surface area contributed by atoms with Crippen LogP contribution in [-0.4, -0.2) is 34.7 Å². The molecule has 0 unspecified atom stereocenters. The zero-order valence-corrected chi connectivity index (χ0v) is 18.4. The number of nitrogens with zero attached hydrogens (tertiary/aromatic N) is 2. The molecule has 2 aromatic carbocycles. The minimum absolute atomic E-state index is 0.0254. The van der Waals surface area contributed by atoms with Gasteiger partial charge in [0.05, 0.1) is 24.2 Å². The van der Waals surface area contributed by atoms with Crippen LogP contribution < -0.4 is 20.9 Å². The molecule has 0 aliphatic heterocycles. The van der Waals surface area contributed by atoms with Crippen molar-refractivity contribution in [2.75, 3.05) is 12.4 Å². The van der Waals surface area contributed by atoms with Gasteiger partial charge in [-0.2, -0.15) is 5.10 Å². The normalized spacial score (nSPS) is 12.8. The molecule has 1 aromatic heterocycles. The summed E-state index contributed by atoms with van der Waals surface area (Å²) in [6, 6.07) is 11.4. The summed E-state index contributed by atoms with van der Waals surface area (Å²) < 4.78 is 20.3. The van der Waals surface area contributed by atoms with Crippen LogP contribution in [0.3, 0.4) is 0 Å². The summed E-state index contributed by atoms with van der Waals surface area (Å²) in [5, 5.41) is 9.80. The van der Waals surface area contributed by atoms with Gasteiger partial charge in [0.2, 0.25) is 0 Å². The summed E-state index contributed by atoms with van der Waals surface area (Å²) in [5.41, 5.74) is 0.331. The number of benzene rings is 2. The van der Waals surface area contributed by atoms with Crippen LogP contribution in [0.5, 0.6) is 5.75 Å². The maximum absolute atomic E-state index is 14.1. The van der Waals surface area contributed by atoms with Crippen molar-refractivity contribution in [2.24, 2.45) is 0 Å². The number of rotatable bonds is 7. The van der Waals surface area contributed by atoms with Gasteiger partial charge in [-0.1, -0.05) is 17.7 Å². The molecule has 1 aliphatic rings. The van der Waals surface area contributed by atoms with E-state index in [2.05, 4.69) is 15.7 Å². The number of amides is 2. The lowest BCUT2D eigenvalue weighted by atomic mass is 10.1. The van der Waals surface area contributed by atoms with E-state index in [1.165, 1.54) is 31.4 Å². The number of carbonyl (C=O) groups excluding carboxylic acids is 2. The molecular weight excluding hydrogens is 451 g/mol. The second kappa shape index (κ2) is 9.41. The van der Waals surface area contributed by atoms with Crippen molar-refractivity contribution in [1.29, 1.82) is 0 Å². The van der Waals surface area contributed by atoms with Crippen molar-refractivity contribution in [2.45, 2.75) is 25.4 Å². The molecule has 1 heterocycles. The molecule has 3 aromatic rings. The Morgan fingerprint density at radius 1 is 1.15 bits per heavy atom. The average molecular weight is 471 g/mol. The van der Waals surface area contributed by atoms with Gasteiger partial charge < -0.3 is 15.4 Å². The topological polar surface area (TPSA) is 102 Å². The first-order chi connectivity index (χ1) is 15.8. The second-order valence-electron chi connectivity index (χ2n) is 7.58. The lowest BCUT2D eigenvalue weighted by Gasteiger charge is -2.10. The van der Waals surface area contributed by atoms with Crippen LogP contribution in [0.2, 0.25) is 5.02 Å². The average Bonchev–Trinajstić information content (AvgIpc) is 3.60.